The zero-order chi connectivity index (χ0) is 18.3. The highest BCUT2D eigenvalue weighted by Crippen LogP contribution is 2.40. The van der Waals surface area contributed by atoms with Gasteiger partial charge < -0.3 is 13.9 Å². The van der Waals surface area contributed by atoms with Crippen molar-refractivity contribution in [2.45, 2.75) is 39.7 Å². The number of imidazole rings is 1. The number of aromatic nitrogens is 2. The number of benzene rings is 1. The fraction of sp³-hybridized carbons (Fsp3) is 0.333. The summed E-state index contributed by atoms with van der Waals surface area (Å²) in [6, 6.07) is 10.2. The molecule has 1 aliphatic heterocycles. The van der Waals surface area contributed by atoms with Gasteiger partial charge in [-0.2, -0.15) is 0 Å². The summed E-state index contributed by atoms with van der Waals surface area (Å²) in [7, 11) is 0. The summed E-state index contributed by atoms with van der Waals surface area (Å²) in [4.78, 5) is 17.2. The van der Waals surface area contributed by atoms with Crippen molar-refractivity contribution in [3.8, 4) is 5.75 Å². The zero-order valence-electron chi connectivity index (χ0n) is 15.3. The van der Waals surface area contributed by atoms with E-state index in [0.29, 0.717) is 17.9 Å². The van der Waals surface area contributed by atoms with Crippen LogP contribution in [0.2, 0.25) is 0 Å². The van der Waals surface area contributed by atoms with Gasteiger partial charge in [0.1, 0.15) is 6.10 Å². The van der Waals surface area contributed by atoms with Crippen LogP contribution in [0.3, 0.4) is 0 Å². The van der Waals surface area contributed by atoms with Crippen molar-refractivity contribution in [3.05, 3.63) is 64.6 Å². The Balaban J connectivity index is 1.87. The van der Waals surface area contributed by atoms with Crippen molar-refractivity contribution in [2.24, 2.45) is 0 Å². The van der Waals surface area contributed by atoms with Crippen molar-refractivity contribution < 1.29 is 14.3 Å². The van der Waals surface area contributed by atoms with Crippen LogP contribution in [0.4, 0.5) is 0 Å². The second kappa shape index (κ2) is 6.48. The molecule has 0 radical (unpaired) electrons. The lowest BCUT2D eigenvalue weighted by atomic mass is 9.95. The maximum atomic E-state index is 12.5. The number of rotatable bonds is 3. The molecule has 134 valence electrons. The van der Waals surface area contributed by atoms with E-state index in [1.54, 1.807) is 0 Å². The molecule has 0 spiro atoms. The van der Waals surface area contributed by atoms with Crippen molar-refractivity contribution in [3.63, 3.8) is 0 Å². The fourth-order valence-electron chi connectivity index (χ4n) is 3.55. The molecule has 0 bridgehead atoms. The largest absolute Gasteiger partial charge is 0.481 e. The van der Waals surface area contributed by atoms with E-state index in [-0.39, 0.29) is 12.1 Å². The van der Waals surface area contributed by atoms with E-state index in [1.165, 1.54) is 0 Å². The van der Waals surface area contributed by atoms with E-state index < -0.39 is 0 Å². The summed E-state index contributed by atoms with van der Waals surface area (Å²) in [5.74, 6) is 0.394. The number of hydrogen-bond donors (Lipinski definition) is 0. The first-order valence-electron chi connectivity index (χ1n) is 9.00. The Bertz CT molecular complexity index is 976. The lowest BCUT2D eigenvalue weighted by Crippen LogP contribution is -2.20. The van der Waals surface area contributed by atoms with Crippen LogP contribution in [0.15, 0.2) is 36.5 Å². The Labute approximate surface area is 152 Å². The summed E-state index contributed by atoms with van der Waals surface area (Å²) in [6.07, 6.45) is 3.37. The maximum absolute atomic E-state index is 12.5. The Morgan fingerprint density at radius 1 is 1.31 bits per heavy atom. The van der Waals surface area contributed by atoms with Crippen LogP contribution in [-0.2, 0) is 11.2 Å². The summed E-state index contributed by atoms with van der Waals surface area (Å²) < 4.78 is 13.6. The molecular weight excluding hydrogens is 328 g/mol. The first-order valence-corrected chi connectivity index (χ1v) is 9.00. The molecule has 3 aromatic rings. The van der Waals surface area contributed by atoms with Gasteiger partial charge in [0.2, 0.25) is 0 Å². The molecule has 0 saturated carbocycles. The quantitative estimate of drug-likeness (QED) is 0.665. The van der Waals surface area contributed by atoms with Gasteiger partial charge in [0.25, 0.3) is 0 Å². The molecule has 2 aromatic heterocycles. The van der Waals surface area contributed by atoms with Crippen LogP contribution in [0.5, 0.6) is 5.75 Å². The number of fused-ring (bicyclic) bond motifs is 3. The molecule has 26 heavy (non-hydrogen) atoms. The topological polar surface area (TPSA) is 52.8 Å². The molecule has 3 heterocycles. The summed E-state index contributed by atoms with van der Waals surface area (Å²) in [6.45, 7) is 6.13. The minimum Gasteiger partial charge on any atom is -0.481 e. The van der Waals surface area contributed by atoms with E-state index in [9.17, 15) is 4.79 Å². The molecule has 1 aliphatic rings. The third kappa shape index (κ3) is 2.64. The molecule has 0 N–H and O–H groups in total. The summed E-state index contributed by atoms with van der Waals surface area (Å²) in [5.41, 5.74) is 5.30. The molecule has 1 aromatic carbocycles. The molecule has 0 aliphatic carbocycles. The first-order chi connectivity index (χ1) is 12.6. The number of pyridine rings is 1. The summed E-state index contributed by atoms with van der Waals surface area (Å²) >= 11 is 0. The Morgan fingerprint density at radius 2 is 2.08 bits per heavy atom. The number of carbonyl (C=O) groups is 1. The fourth-order valence-corrected chi connectivity index (χ4v) is 3.55. The van der Waals surface area contributed by atoms with Gasteiger partial charge in [0, 0.05) is 17.5 Å². The Kier molecular flexibility index (Phi) is 4.15. The van der Waals surface area contributed by atoms with Crippen molar-refractivity contribution in [1.82, 2.24) is 9.38 Å². The lowest BCUT2D eigenvalue weighted by Gasteiger charge is -2.28. The Hall–Kier alpha value is -2.82. The van der Waals surface area contributed by atoms with Gasteiger partial charge >= 0.3 is 5.97 Å². The predicted molar refractivity (Wildman–Crippen MR) is 98.8 cm³/mol. The molecule has 0 fully saturated rings. The van der Waals surface area contributed by atoms with Gasteiger partial charge in [-0.3, -0.25) is 0 Å². The average Bonchev–Trinajstić information content (AvgIpc) is 2.96. The number of nitrogens with zero attached hydrogens (tertiary/aromatic N) is 2. The molecule has 1 atom stereocenters. The second-order valence-corrected chi connectivity index (χ2v) is 6.60. The lowest BCUT2D eigenvalue weighted by molar-refractivity contribution is 0.0521. The van der Waals surface area contributed by atoms with Crippen LogP contribution < -0.4 is 4.74 Å². The summed E-state index contributed by atoms with van der Waals surface area (Å²) in [5, 5.41) is 0. The third-order valence-electron chi connectivity index (χ3n) is 5.03. The standard InChI is InChI=1S/C21H22N2O3/c1-4-25-21(24)17-12-23-14(3)13(2)22-20(23)19-16(17)10-11-18(26-19)15-8-6-5-7-9-15/h5-9,12,18H,4,10-11H2,1-3H3. The second-order valence-electron chi connectivity index (χ2n) is 6.60. The van der Waals surface area contributed by atoms with Crippen LogP contribution >= 0.6 is 0 Å². The molecule has 1 unspecified atom stereocenters. The number of carbonyl (C=O) groups excluding carboxylic acids is 1. The van der Waals surface area contributed by atoms with Crippen LogP contribution in [0.25, 0.3) is 5.65 Å². The van der Waals surface area contributed by atoms with E-state index in [1.807, 2.05) is 49.6 Å². The van der Waals surface area contributed by atoms with Crippen molar-refractivity contribution in [1.29, 1.82) is 0 Å². The van der Waals surface area contributed by atoms with Crippen LogP contribution in [-0.4, -0.2) is 22.0 Å². The Morgan fingerprint density at radius 3 is 2.81 bits per heavy atom. The monoisotopic (exact) mass is 350 g/mol. The van der Waals surface area contributed by atoms with E-state index >= 15 is 0 Å². The zero-order valence-corrected chi connectivity index (χ0v) is 15.3. The number of hydrogen-bond acceptors (Lipinski definition) is 4. The molecule has 5 heteroatoms. The molecule has 4 rings (SSSR count). The van der Waals surface area contributed by atoms with Crippen molar-refractivity contribution >= 4 is 11.6 Å². The van der Waals surface area contributed by atoms with Gasteiger partial charge in [-0.1, -0.05) is 30.3 Å². The molecule has 0 amide bonds. The molecule has 0 saturated heterocycles. The van der Waals surface area contributed by atoms with Crippen LogP contribution in [0.1, 0.15) is 52.3 Å². The highest BCUT2D eigenvalue weighted by Gasteiger charge is 2.30. The molecule has 5 nitrogen and oxygen atoms in total. The molecular formula is C21H22N2O3. The first kappa shape index (κ1) is 16.6. The predicted octanol–water partition coefficient (Wildman–Crippen LogP) is 4.19. The van der Waals surface area contributed by atoms with Gasteiger partial charge in [-0.05, 0) is 39.2 Å². The number of esters is 1. The van der Waals surface area contributed by atoms with Gasteiger partial charge in [-0.25, -0.2) is 9.78 Å². The van der Waals surface area contributed by atoms with E-state index in [0.717, 1.165) is 41.0 Å². The minimum atomic E-state index is -0.307. The number of aryl methyl sites for hydroxylation is 2. The smallest absolute Gasteiger partial charge is 0.340 e. The highest BCUT2D eigenvalue weighted by molar-refractivity contribution is 5.93. The van der Waals surface area contributed by atoms with E-state index in [4.69, 9.17) is 9.47 Å². The SMILES string of the molecule is CCOC(=O)c1cn2c(C)c(C)nc2c2c1CCC(c1ccccc1)O2. The number of ether oxygens (including phenoxy) is 2. The van der Waals surface area contributed by atoms with Gasteiger partial charge in [-0.15, -0.1) is 0 Å². The van der Waals surface area contributed by atoms with Gasteiger partial charge in [0.05, 0.1) is 17.9 Å². The highest BCUT2D eigenvalue weighted by atomic mass is 16.5. The minimum absolute atomic E-state index is 0.0396. The normalized spacial score (nSPS) is 16.2. The van der Waals surface area contributed by atoms with Crippen molar-refractivity contribution in [2.75, 3.05) is 6.61 Å². The van der Waals surface area contributed by atoms with Gasteiger partial charge in [0.15, 0.2) is 11.4 Å². The maximum Gasteiger partial charge on any atom is 0.340 e. The van der Waals surface area contributed by atoms with E-state index in [2.05, 4.69) is 17.1 Å². The average molecular weight is 350 g/mol. The third-order valence-corrected chi connectivity index (χ3v) is 5.03. The van der Waals surface area contributed by atoms with Crippen LogP contribution in [0, 0.1) is 13.8 Å².